The van der Waals surface area contributed by atoms with Crippen LogP contribution in [0.4, 0.5) is 5.95 Å². The minimum atomic E-state index is -0.110. The van der Waals surface area contributed by atoms with Gasteiger partial charge in [-0.2, -0.15) is 0 Å². The quantitative estimate of drug-likeness (QED) is 0.790. The van der Waals surface area contributed by atoms with Crippen molar-refractivity contribution in [1.82, 2.24) is 14.5 Å². The molecule has 0 amide bonds. The fraction of sp³-hybridized carbons (Fsp3) is 0.316. The summed E-state index contributed by atoms with van der Waals surface area (Å²) < 4.78 is 1.59. The van der Waals surface area contributed by atoms with Crippen molar-refractivity contribution in [2.45, 2.75) is 25.4 Å². The first-order valence-electron chi connectivity index (χ1n) is 8.57. The monoisotopic (exact) mass is 336 g/mol. The third-order valence-electron chi connectivity index (χ3n) is 4.70. The molecule has 3 heterocycles. The number of benzene rings is 1. The van der Waals surface area contributed by atoms with Crippen LogP contribution >= 0.6 is 0 Å². The van der Waals surface area contributed by atoms with Crippen molar-refractivity contribution in [3.63, 3.8) is 0 Å². The Morgan fingerprint density at radius 2 is 2.00 bits per heavy atom. The topological polar surface area (TPSA) is 71.2 Å². The van der Waals surface area contributed by atoms with Crippen molar-refractivity contribution in [1.29, 1.82) is 0 Å². The Kier molecular flexibility index (Phi) is 4.19. The van der Waals surface area contributed by atoms with Gasteiger partial charge < -0.3 is 10.0 Å². The first kappa shape index (κ1) is 15.8. The fourth-order valence-corrected chi connectivity index (χ4v) is 3.56. The standard InChI is InChI=1S/C19H20N4O2/c24-13-12-23-18(25)14-6-1-2-7-15(14)21-19(23)22-11-5-9-17(22)16-8-3-4-10-20-16/h1-4,6-8,10,17,24H,5,9,11-13H2. The van der Waals surface area contributed by atoms with Gasteiger partial charge in [0.1, 0.15) is 0 Å². The van der Waals surface area contributed by atoms with Gasteiger partial charge >= 0.3 is 0 Å². The van der Waals surface area contributed by atoms with Gasteiger partial charge in [0, 0.05) is 12.7 Å². The van der Waals surface area contributed by atoms with Crippen LogP contribution in [0, 0.1) is 0 Å². The van der Waals surface area contributed by atoms with Crippen molar-refractivity contribution in [3.8, 4) is 0 Å². The molecule has 1 aliphatic heterocycles. The van der Waals surface area contributed by atoms with E-state index in [9.17, 15) is 9.90 Å². The molecule has 1 fully saturated rings. The Labute approximate surface area is 145 Å². The second kappa shape index (κ2) is 6.64. The summed E-state index contributed by atoms with van der Waals surface area (Å²) in [4.78, 5) is 24.3. The molecule has 0 aliphatic carbocycles. The van der Waals surface area contributed by atoms with Gasteiger partial charge in [0.05, 0.1) is 35.8 Å². The normalized spacial score (nSPS) is 17.3. The molecule has 1 aliphatic rings. The molecule has 0 bridgehead atoms. The molecule has 6 nitrogen and oxygen atoms in total. The van der Waals surface area contributed by atoms with Crippen molar-refractivity contribution in [3.05, 3.63) is 64.7 Å². The van der Waals surface area contributed by atoms with Gasteiger partial charge in [-0.1, -0.05) is 18.2 Å². The number of hydrogen-bond acceptors (Lipinski definition) is 5. The van der Waals surface area contributed by atoms with Gasteiger partial charge in [0.25, 0.3) is 5.56 Å². The Morgan fingerprint density at radius 1 is 1.16 bits per heavy atom. The second-order valence-electron chi connectivity index (χ2n) is 6.22. The molecule has 2 aromatic heterocycles. The summed E-state index contributed by atoms with van der Waals surface area (Å²) in [5.41, 5.74) is 1.56. The van der Waals surface area contributed by atoms with E-state index < -0.39 is 0 Å². The van der Waals surface area contributed by atoms with Crippen molar-refractivity contribution in [2.24, 2.45) is 0 Å². The number of aromatic nitrogens is 3. The summed E-state index contributed by atoms with van der Waals surface area (Å²) in [6.07, 6.45) is 3.78. The Hall–Kier alpha value is -2.73. The number of nitrogens with zero attached hydrogens (tertiary/aromatic N) is 4. The number of rotatable bonds is 4. The van der Waals surface area contributed by atoms with Crippen LogP contribution in [0.2, 0.25) is 0 Å². The average molecular weight is 336 g/mol. The summed E-state index contributed by atoms with van der Waals surface area (Å²) in [5.74, 6) is 0.617. The second-order valence-corrected chi connectivity index (χ2v) is 6.22. The Morgan fingerprint density at radius 3 is 2.80 bits per heavy atom. The molecule has 1 N–H and O–H groups in total. The highest BCUT2D eigenvalue weighted by Gasteiger charge is 2.30. The summed E-state index contributed by atoms with van der Waals surface area (Å²) in [6, 6.07) is 13.3. The van der Waals surface area contributed by atoms with Crippen LogP contribution < -0.4 is 10.5 Å². The van der Waals surface area contributed by atoms with Gasteiger partial charge in [-0.3, -0.25) is 14.3 Å². The highest BCUT2D eigenvalue weighted by atomic mass is 16.3. The molecule has 1 atom stereocenters. The number of anilines is 1. The number of pyridine rings is 1. The maximum absolute atomic E-state index is 12.9. The maximum Gasteiger partial charge on any atom is 0.262 e. The lowest BCUT2D eigenvalue weighted by Gasteiger charge is -2.27. The molecule has 0 spiro atoms. The average Bonchev–Trinajstić information content (AvgIpc) is 3.14. The van der Waals surface area contributed by atoms with Gasteiger partial charge in [-0.05, 0) is 37.1 Å². The lowest BCUT2D eigenvalue weighted by atomic mass is 10.1. The highest BCUT2D eigenvalue weighted by molar-refractivity contribution is 5.78. The largest absolute Gasteiger partial charge is 0.395 e. The van der Waals surface area contributed by atoms with Crippen LogP contribution in [0.1, 0.15) is 24.6 Å². The molecule has 0 saturated carbocycles. The van der Waals surface area contributed by atoms with Crippen LogP contribution in [0.15, 0.2) is 53.5 Å². The molecule has 1 saturated heterocycles. The summed E-state index contributed by atoms with van der Waals surface area (Å²) in [5, 5.41) is 10.0. The third-order valence-corrected chi connectivity index (χ3v) is 4.70. The van der Waals surface area contributed by atoms with Crippen LogP contribution in [0.3, 0.4) is 0 Å². The SMILES string of the molecule is O=c1c2ccccc2nc(N2CCCC2c2ccccn2)n1CCO. The smallest absolute Gasteiger partial charge is 0.262 e. The molecule has 3 aromatic rings. The third kappa shape index (κ3) is 2.78. The maximum atomic E-state index is 12.9. The molecule has 1 unspecified atom stereocenters. The first-order valence-corrected chi connectivity index (χ1v) is 8.57. The minimum Gasteiger partial charge on any atom is -0.395 e. The van der Waals surface area contributed by atoms with E-state index in [2.05, 4.69) is 9.88 Å². The molecule has 6 heteroatoms. The Bertz CT molecular complexity index is 939. The highest BCUT2D eigenvalue weighted by Crippen LogP contribution is 2.34. The van der Waals surface area contributed by atoms with E-state index in [-0.39, 0.29) is 24.8 Å². The van der Waals surface area contributed by atoms with Crippen molar-refractivity contribution < 1.29 is 5.11 Å². The lowest BCUT2D eigenvalue weighted by Crippen LogP contribution is -2.33. The fourth-order valence-electron chi connectivity index (χ4n) is 3.56. The van der Waals surface area contributed by atoms with E-state index in [1.807, 2.05) is 36.4 Å². The predicted molar refractivity (Wildman–Crippen MR) is 96.6 cm³/mol. The van der Waals surface area contributed by atoms with Gasteiger partial charge in [0.15, 0.2) is 0 Å². The minimum absolute atomic E-state index is 0.0965. The zero-order chi connectivity index (χ0) is 17.2. The molecule has 128 valence electrons. The lowest BCUT2D eigenvalue weighted by molar-refractivity contribution is 0.274. The van der Waals surface area contributed by atoms with Crippen molar-refractivity contribution in [2.75, 3.05) is 18.1 Å². The van der Waals surface area contributed by atoms with E-state index in [1.165, 1.54) is 0 Å². The number of aliphatic hydroxyl groups is 1. The number of aliphatic hydroxyl groups excluding tert-OH is 1. The number of para-hydroxylation sites is 1. The molecule has 0 radical (unpaired) electrons. The van der Waals surface area contributed by atoms with Crippen molar-refractivity contribution >= 4 is 16.9 Å². The molecule has 25 heavy (non-hydrogen) atoms. The predicted octanol–water partition coefficient (Wildman–Crippen LogP) is 2.13. The molecule has 1 aromatic carbocycles. The van der Waals surface area contributed by atoms with Gasteiger partial charge in [-0.25, -0.2) is 4.98 Å². The number of hydrogen-bond donors (Lipinski definition) is 1. The van der Waals surface area contributed by atoms with E-state index in [4.69, 9.17) is 4.98 Å². The molecular formula is C19H20N4O2. The van der Waals surface area contributed by atoms with Gasteiger partial charge in [-0.15, -0.1) is 0 Å². The molecular weight excluding hydrogens is 316 g/mol. The summed E-state index contributed by atoms with van der Waals surface area (Å²) in [7, 11) is 0. The van der Waals surface area contributed by atoms with Crippen LogP contribution in [0.5, 0.6) is 0 Å². The van der Waals surface area contributed by atoms with Crippen LogP contribution in [-0.4, -0.2) is 32.8 Å². The summed E-state index contributed by atoms with van der Waals surface area (Å²) >= 11 is 0. The first-order chi connectivity index (χ1) is 12.3. The zero-order valence-electron chi connectivity index (χ0n) is 13.9. The summed E-state index contributed by atoms with van der Waals surface area (Å²) in [6.45, 7) is 0.948. The van der Waals surface area contributed by atoms with E-state index in [0.29, 0.717) is 16.9 Å². The van der Waals surface area contributed by atoms with Crippen LogP contribution in [-0.2, 0) is 6.54 Å². The van der Waals surface area contributed by atoms with Gasteiger partial charge in [0.2, 0.25) is 5.95 Å². The van der Waals surface area contributed by atoms with E-state index in [1.54, 1.807) is 16.8 Å². The van der Waals surface area contributed by atoms with Crippen LogP contribution in [0.25, 0.3) is 10.9 Å². The van der Waals surface area contributed by atoms with E-state index >= 15 is 0 Å². The Balaban J connectivity index is 1.87. The number of fused-ring (bicyclic) bond motifs is 1. The molecule has 4 rings (SSSR count). The van der Waals surface area contributed by atoms with E-state index in [0.717, 1.165) is 25.1 Å². The zero-order valence-corrected chi connectivity index (χ0v) is 13.9.